The van der Waals surface area contributed by atoms with Crippen molar-refractivity contribution in [3.05, 3.63) is 53.1 Å². The fourth-order valence-corrected chi connectivity index (χ4v) is 3.64. The lowest BCUT2D eigenvalue weighted by Crippen LogP contribution is -2.11. The largest absolute Gasteiger partial charge is 0.416 e. The van der Waals surface area contributed by atoms with E-state index in [9.17, 15) is 21.6 Å². The molecule has 0 saturated heterocycles. The van der Waals surface area contributed by atoms with E-state index in [0.29, 0.717) is 6.07 Å². The highest BCUT2D eigenvalue weighted by atomic mass is 35.5. The van der Waals surface area contributed by atoms with Crippen LogP contribution in [0.5, 0.6) is 0 Å². The Kier molecular flexibility index (Phi) is 3.90. The summed E-state index contributed by atoms with van der Waals surface area (Å²) in [7, 11) is -4.24. The lowest BCUT2D eigenvalue weighted by atomic mass is 10.2. The summed E-state index contributed by atoms with van der Waals surface area (Å²) in [6.07, 6.45) is -4.67. The molecule has 0 aliphatic rings. The van der Waals surface area contributed by atoms with Crippen LogP contribution < -0.4 is 5.73 Å². The number of rotatable bonds is 2. The van der Waals surface area contributed by atoms with Crippen molar-refractivity contribution in [1.82, 2.24) is 0 Å². The van der Waals surface area contributed by atoms with E-state index in [-0.39, 0.29) is 15.6 Å². The minimum Gasteiger partial charge on any atom is -0.398 e. The second-order valence-electron chi connectivity index (χ2n) is 4.18. The summed E-state index contributed by atoms with van der Waals surface area (Å²) < 4.78 is 63.0. The topological polar surface area (TPSA) is 60.2 Å². The average Bonchev–Trinajstić information content (AvgIpc) is 2.37. The predicted molar refractivity (Wildman–Crippen MR) is 72.8 cm³/mol. The van der Waals surface area contributed by atoms with Crippen molar-refractivity contribution in [2.45, 2.75) is 16.0 Å². The van der Waals surface area contributed by atoms with Crippen molar-refractivity contribution in [3.8, 4) is 0 Å². The summed E-state index contributed by atoms with van der Waals surface area (Å²) in [5.74, 6) is 0. The van der Waals surface area contributed by atoms with Crippen molar-refractivity contribution in [2.24, 2.45) is 0 Å². The van der Waals surface area contributed by atoms with Crippen LogP contribution in [0.3, 0.4) is 0 Å². The molecule has 21 heavy (non-hydrogen) atoms. The van der Waals surface area contributed by atoms with E-state index in [2.05, 4.69) is 0 Å². The van der Waals surface area contributed by atoms with Crippen molar-refractivity contribution < 1.29 is 21.6 Å². The first-order valence-electron chi connectivity index (χ1n) is 5.60. The lowest BCUT2D eigenvalue weighted by Gasteiger charge is -2.12. The normalized spacial score (nSPS) is 12.4. The molecule has 0 atom stereocenters. The van der Waals surface area contributed by atoms with Gasteiger partial charge in [0.05, 0.1) is 26.1 Å². The summed E-state index contributed by atoms with van der Waals surface area (Å²) in [4.78, 5) is -0.914. The third-order valence-corrected chi connectivity index (χ3v) is 5.07. The molecule has 3 nitrogen and oxygen atoms in total. The molecule has 0 unspecified atom stereocenters. The van der Waals surface area contributed by atoms with Crippen LogP contribution in [0.4, 0.5) is 18.9 Å². The van der Waals surface area contributed by atoms with Crippen LogP contribution in [-0.2, 0) is 16.0 Å². The minimum atomic E-state index is -4.67. The van der Waals surface area contributed by atoms with Gasteiger partial charge >= 0.3 is 6.18 Å². The number of alkyl halides is 3. The van der Waals surface area contributed by atoms with Crippen molar-refractivity contribution >= 4 is 27.1 Å². The van der Waals surface area contributed by atoms with Gasteiger partial charge in [-0.15, -0.1) is 0 Å². The van der Waals surface area contributed by atoms with E-state index in [1.807, 2.05) is 0 Å². The van der Waals surface area contributed by atoms with Crippen molar-refractivity contribution in [1.29, 1.82) is 0 Å². The first-order chi connectivity index (χ1) is 9.64. The van der Waals surface area contributed by atoms with E-state index < -0.39 is 26.5 Å². The fraction of sp³-hybridized carbons (Fsp3) is 0.0769. The van der Waals surface area contributed by atoms with Crippen LogP contribution in [0.1, 0.15) is 5.56 Å². The second kappa shape index (κ2) is 5.23. The molecule has 112 valence electrons. The molecule has 2 aromatic rings. The Morgan fingerprint density at radius 1 is 1.00 bits per heavy atom. The summed E-state index contributed by atoms with van der Waals surface area (Å²) in [5, 5.41) is -0.0886. The maximum absolute atomic E-state index is 12.7. The predicted octanol–water partition coefficient (Wildman–Crippen LogP) is 3.77. The fourth-order valence-electron chi connectivity index (χ4n) is 1.72. The Morgan fingerprint density at radius 2 is 1.62 bits per heavy atom. The number of hydrogen-bond acceptors (Lipinski definition) is 3. The monoisotopic (exact) mass is 335 g/mol. The number of nitrogens with two attached hydrogens (primary N) is 1. The van der Waals surface area contributed by atoms with E-state index in [1.165, 1.54) is 24.3 Å². The van der Waals surface area contributed by atoms with Crippen molar-refractivity contribution in [3.63, 3.8) is 0 Å². The number of nitrogen functional groups attached to an aromatic ring is 1. The molecule has 2 N–H and O–H groups in total. The molecule has 0 spiro atoms. The molecule has 2 aromatic carbocycles. The molecule has 0 aromatic heterocycles. The van der Waals surface area contributed by atoms with Gasteiger partial charge in [-0.25, -0.2) is 8.42 Å². The molecule has 0 saturated carbocycles. The van der Waals surface area contributed by atoms with Gasteiger partial charge in [0.1, 0.15) is 0 Å². The molecular weight excluding hydrogens is 327 g/mol. The molecule has 0 bridgehead atoms. The molecule has 0 heterocycles. The second-order valence-corrected chi connectivity index (χ2v) is 6.48. The zero-order valence-corrected chi connectivity index (χ0v) is 11.9. The molecule has 0 aliphatic heterocycles. The highest BCUT2D eigenvalue weighted by molar-refractivity contribution is 7.91. The number of hydrogen-bond donors (Lipinski definition) is 1. The van der Waals surface area contributed by atoms with Gasteiger partial charge in [0.25, 0.3) is 0 Å². The third-order valence-electron chi connectivity index (χ3n) is 2.76. The number of benzene rings is 2. The molecule has 2 rings (SSSR count). The SMILES string of the molecule is Nc1ccc(C(F)(F)F)cc1S(=O)(=O)c1ccccc1Cl. The number of anilines is 1. The summed E-state index contributed by atoms with van der Waals surface area (Å²) in [6, 6.07) is 7.61. The smallest absolute Gasteiger partial charge is 0.398 e. The van der Waals surface area contributed by atoms with Crippen LogP contribution >= 0.6 is 11.6 Å². The number of sulfone groups is 1. The molecule has 0 aliphatic carbocycles. The Labute approximate surface area is 124 Å². The van der Waals surface area contributed by atoms with E-state index in [4.69, 9.17) is 17.3 Å². The highest BCUT2D eigenvalue weighted by Gasteiger charge is 2.33. The lowest BCUT2D eigenvalue weighted by molar-refractivity contribution is -0.137. The van der Waals surface area contributed by atoms with Crippen LogP contribution in [0.2, 0.25) is 5.02 Å². The summed E-state index contributed by atoms with van der Waals surface area (Å²) >= 11 is 5.80. The van der Waals surface area contributed by atoms with Gasteiger partial charge in [0, 0.05) is 0 Å². The zero-order valence-electron chi connectivity index (χ0n) is 10.4. The molecule has 0 fully saturated rings. The molecule has 0 radical (unpaired) electrons. The first kappa shape index (κ1) is 15.7. The Morgan fingerprint density at radius 3 is 2.19 bits per heavy atom. The quantitative estimate of drug-likeness (QED) is 0.850. The Bertz CT molecular complexity index is 788. The maximum Gasteiger partial charge on any atom is 0.416 e. The summed E-state index contributed by atoms with van der Waals surface area (Å²) in [6.45, 7) is 0. The Hall–Kier alpha value is -1.73. The molecular formula is C13H9ClF3NO2S. The highest BCUT2D eigenvalue weighted by Crippen LogP contribution is 2.35. The van der Waals surface area contributed by atoms with Crippen LogP contribution in [0, 0.1) is 0 Å². The van der Waals surface area contributed by atoms with Gasteiger partial charge in [-0.3, -0.25) is 0 Å². The van der Waals surface area contributed by atoms with E-state index >= 15 is 0 Å². The third kappa shape index (κ3) is 2.98. The molecule has 0 amide bonds. The van der Waals surface area contributed by atoms with E-state index in [1.54, 1.807) is 0 Å². The average molecular weight is 336 g/mol. The maximum atomic E-state index is 12.7. The standard InChI is InChI=1S/C13H9ClF3NO2S/c14-9-3-1-2-4-11(9)21(19,20)12-7-8(13(15,16)17)5-6-10(12)18/h1-7H,18H2. The summed E-state index contributed by atoms with van der Waals surface area (Å²) in [5.41, 5.74) is 4.15. The van der Waals surface area contributed by atoms with Gasteiger partial charge in [-0.05, 0) is 30.3 Å². The first-order valence-corrected chi connectivity index (χ1v) is 7.46. The van der Waals surface area contributed by atoms with Gasteiger partial charge in [0.2, 0.25) is 9.84 Å². The Balaban J connectivity index is 2.69. The number of halogens is 4. The zero-order chi connectivity index (χ0) is 15.8. The van der Waals surface area contributed by atoms with Gasteiger partial charge in [-0.2, -0.15) is 13.2 Å². The molecule has 8 heteroatoms. The van der Waals surface area contributed by atoms with Crippen LogP contribution in [-0.4, -0.2) is 8.42 Å². The van der Waals surface area contributed by atoms with Crippen LogP contribution in [0.25, 0.3) is 0 Å². The van der Waals surface area contributed by atoms with E-state index in [0.717, 1.165) is 12.1 Å². The van der Waals surface area contributed by atoms with Gasteiger partial charge < -0.3 is 5.73 Å². The van der Waals surface area contributed by atoms with Gasteiger partial charge in [0.15, 0.2) is 0 Å². The minimum absolute atomic E-state index is 0.0886. The van der Waals surface area contributed by atoms with Gasteiger partial charge in [-0.1, -0.05) is 23.7 Å². The van der Waals surface area contributed by atoms with Crippen LogP contribution in [0.15, 0.2) is 52.3 Å². The van der Waals surface area contributed by atoms with Crippen molar-refractivity contribution in [2.75, 3.05) is 5.73 Å².